The van der Waals surface area contributed by atoms with E-state index in [-0.39, 0.29) is 0 Å². The first kappa shape index (κ1) is 9.69. The largest absolute Gasteiger partial charge is 0.329 e. The summed E-state index contributed by atoms with van der Waals surface area (Å²) in [5.41, 5.74) is 8.58. The SMILES string of the molecule is CC(CN)NC1Cc2ccccc2C1. The highest BCUT2D eigenvalue weighted by Gasteiger charge is 2.21. The quantitative estimate of drug-likeness (QED) is 0.749. The molecule has 2 rings (SSSR count). The van der Waals surface area contributed by atoms with Crippen LogP contribution in [-0.4, -0.2) is 18.6 Å². The average Bonchev–Trinajstić information content (AvgIpc) is 2.59. The standard InChI is InChI=1S/C12H18N2/c1-9(8-13)14-12-6-10-4-2-3-5-11(10)7-12/h2-5,9,12,14H,6-8,13H2,1H3. The van der Waals surface area contributed by atoms with Gasteiger partial charge in [-0.3, -0.25) is 0 Å². The van der Waals surface area contributed by atoms with Crippen LogP contribution >= 0.6 is 0 Å². The van der Waals surface area contributed by atoms with E-state index in [9.17, 15) is 0 Å². The van der Waals surface area contributed by atoms with Gasteiger partial charge in [0, 0.05) is 18.6 Å². The number of nitrogens with two attached hydrogens (primary N) is 1. The molecule has 0 saturated heterocycles. The minimum atomic E-state index is 0.425. The number of rotatable bonds is 3. The summed E-state index contributed by atoms with van der Waals surface area (Å²) in [5, 5.41) is 3.55. The zero-order valence-electron chi connectivity index (χ0n) is 8.66. The van der Waals surface area contributed by atoms with Crippen LogP contribution in [0.5, 0.6) is 0 Å². The van der Waals surface area contributed by atoms with Gasteiger partial charge in [0.1, 0.15) is 0 Å². The Kier molecular flexibility index (Phi) is 2.85. The van der Waals surface area contributed by atoms with Crippen molar-refractivity contribution < 1.29 is 0 Å². The molecule has 1 unspecified atom stereocenters. The summed E-state index contributed by atoms with van der Waals surface area (Å²) in [7, 11) is 0. The molecule has 1 aliphatic carbocycles. The van der Waals surface area contributed by atoms with Crippen molar-refractivity contribution in [1.29, 1.82) is 0 Å². The highest BCUT2D eigenvalue weighted by molar-refractivity contribution is 5.33. The van der Waals surface area contributed by atoms with Gasteiger partial charge < -0.3 is 11.1 Å². The molecule has 0 heterocycles. The molecule has 0 spiro atoms. The summed E-state index contributed by atoms with van der Waals surface area (Å²) < 4.78 is 0. The predicted molar refractivity (Wildman–Crippen MR) is 59.3 cm³/mol. The van der Waals surface area contributed by atoms with E-state index < -0.39 is 0 Å². The summed E-state index contributed by atoms with van der Waals surface area (Å²) in [5.74, 6) is 0. The lowest BCUT2D eigenvalue weighted by Crippen LogP contribution is -2.41. The number of fused-ring (bicyclic) bond motifs is 1. The normalized spacial score (nSPS) is 18.1. The Hall–Kier alpha value is -0.860. The first-order valence-corrected chi connectivity index (χ1v) is 5.32. The molecule has 1 aliphatic rings. The van der Waals surface area contributed by atoms with E-state index in [0.717, 1.165) is 12.8 Å². The Balaban J connectivity index is 1.98. The first-order chi connectivity index (χ1) is 6.79. The van der Waals surface area contributed by atoms with E-state index in [4.69, 9.17) is 5.73 Å². The van der Waals surface area contributed by atoms with E-state index in [1.165, 1.54) is 11.1 Å². The topological polar surface area (TPSA) is 38.0 Å². The number of benzene rings is 1. The third kappa shape index (κ3) is 1.97. The fourth-order valence-corrected chi connectivity index (χ4v) is 2.15. The maximum absolute atomic E-state index is 5.59. The van der Waals surface area contributed by atoms with Gasteiger partial charge in [-0.15, -0.1) is 0 Å². The van der Waals surface area contributed by atoms with Crippen molar-refractivity contribution in [3.05, 3.63) is 35.4 Å². The molecule has 3 N–H and O–H groups in total. The van der Waals surface area contributed by atoms with Crippen LogP contribution in [0.1, 0.15) is 18.1 Å². The Morgan fingerprint density at radius 1 is 1.36 bits per heavy atom. The number of nitrogens with one attached hydrogen (secondary N) is 1. The van der Waals surface area contributed by atoms with Crippen molar-refractivity contribution in [1.82, 2.24) is 5.32 Å². The lowest BCUT2D eigenvalue weighted by molar-refractivity contribution is 0.461. The molecule has 76 valence electrons. The molecule has 1 atom stereocenters. The molecule has 1 aromatic rings. The molecule has 1 aromatic carbocycles. The predicted octanol–water partition coefficient (Wildman–Crippen LogP) is 1.09. The summed E-state index contributed by atoms with van der Waals surface area (Å²) in [6.45, 7) is 2.86. The summed E-state index contributed by atoms with van der Waals surface area (Å²) >= 11 is 0. The second-order valence-corrected chi connectivity index (χ2v) is 4.18. The molecule has 0 aliphatic heterocycles. The highest BCUT2D eigenvalue weighted by Crippen LogP contribution is 2.21. The first-order valence-electron chi connectivity index (χ1n) is 5.32. The Morgan fingerprint density at radius 2 is 1.93 bits per heavy atom. The zero-order chi connectivity index (χ0) is 9.97. The third-order valence-electron chi connectivity index (χ3n) is 2.92. The van der Waals surface area contributed by atoms with Gasteiger partial charge in [-0.1, -0.05) is 24.3 Å². The van der Waals surface area contributed by atoms with Crippen molar-refractivity contribution in [3.63, 3.8) is 0 Å². The van der Waals surface area contributed by atoms with Crippen molar-refractivity contribution in [2.75, 3.05) is 6.54 Å². The number of hydrogen-bond donors (Lipinski definition) is 2. The van der Waals surface area contributed by atoms with Crippen LogP contribution in [0.3, 0.4) is 0 Å². The molecule has 14 heavy (non-hydrogen) atoms. The minimum absolute atomic E-state index is 0.425. The van der Waals surface area contributed by atoms with Gasteiger partial charge in [0.15, 0.2) is 0 Å². The molecule has 2 heteroatoms. The Labute approximate surface area is 85.5 Å². The van der Waals surface area contributed by atoms with E-state index >= 15 is 0 Å². The molecule has 0 saturated carbocycles. The van der Waals surface area contributed by atoms with Gasteiger partial charge in [-0.2, -0.15) is 0 Å². The molecule has 0 bridgehead atoms. The average molecular weight is 190 g/mol. The second-order valence-electron chi connectivity index (χ2n) is 4.18. The highest BCUT2D eigenvalue weighted by atomic mass is 15.0. The van der Waals surface area contributed by atoms with Crippen molar-refractivity contribution in [2.24, 2.45) is 5.73 Å². The monoisotopic (exact) mass is 190 g/mol. The Bertz CT molecular complexity index is 284. The van der Waals surface area contributed by atoms with Gasteiger partial charge in [-0.05, 0) is 30.9 Å². The van der Waals surface area contributed by atoms with Gasteiger partial charge in [0.25, 0.3) is 0 Å². The minimum Gasteiger partial charge on any atom is -0.329 e. The van der Waals surface area contributed by atoms with Gasteiger partial charge in [0.2, 0.25) is 0 Å². The van der Waals surface area contributed by atoms with Crippen LogP contribution in [-0.2, 0) is 12.8 Å². The van der Waals surface area contributed by atoms with Crippen LogP contribution in [0, 0.1) is 0 Å². The van der Waals surface area contributed by atoms with Crippen LogP contribution in [0.15, 0.2) is 24.3 Å². The molecular formula is C12H18N2. The molecular weight excluding hydrogens is 172 g/mol. The van der Waals surface area contributed by atoms with Crippen LogP contribution < -0.4 is 11.1 Å². The smallest absolute Gasteiger partial charge is 0.0164 e. The summed E-state index contributed by atoms with van der Waals surface area (Å²) in [6.07, 6.45) is 2.31. The molecule has 0 fully saturated rings. The summed E-state index contributed by atoms with van der Waals surface area (Å²) in [4.78, 5) is 0. The van der Waals surface area contributed by atoms with E-state index in [0.29, 0.717) is 18.6 Å². The molecule has 0 radical (unpaired) electrons. The van der Waals surface area contributed by atoms with Crippen molar-refractivity contribution in [2.45, 2.75) is 31.8 Å². The summed E-state index contributed by atoms with van der Waals surface area (Å²) in [6, 6.07) is 9.70. The van der Waals surface area contributed by atoms with Gasteiger partial charge in [-0.25, -0.2) is 0 Å². The Morgan fingerprint density at radius 3 is 2.43 bits per heavy atom. The van der Waals surface area contributed by atoms with Crippen molar-refractivity contribution in [3.8, 4) is 0 Å². The zero-order valence-corrected chi connectivity index (χ0v) is 8.66. The van der Waals surface area contributed by atoms with Crippen molar-refractivity contribution >= 4 is 0 Å². The molecule has 2 nitrogen and oxygen atoms in total. The van der Waals surface area contributed by atoms with Crippen LogP contribution in [0.4, 0.5) is 0 Å². The lowest BCUT2D eigenvalue weighted by Gasteiger charge is -2.17. The van der Waals surface area contributed by atoms with E-state index in [1.54, 1.807) is 0 Å². The number of hydrogen-bond acceptors (Lipinski definition) is 2. The van der Waals surface area contributed by atoms with E-state index in [1.807, 2.05) is 0 Å². The molecule has 0 amide bonds. The van der Waals surface area contributed by atoms with Crippen LogP contribution in [0.25, 0.3) is 0 Å². The van der Waals surface area contributed by atoms with Gasteiger partial charge >= 0.3 is 0 Å². The van der Waals surface area contributed by atoms with Gasteiger partial charge in [0.05, 0.1) is 0 Å². The maximum Gasteiger partial charge on any atom is 0.0164 e. The lowest BCUT2D eigenvalue weighted by atomic mass is 10.1. The fourth-order valence-electron chi connectivity index (χ4n) is 2.15. The third-order valence-corrected chi connectivity index (χ3v) is 2.92. The van der Waals surface area contributed by atoms with E-state index in [2.05, 4.69) is 36.5 Å². The second kappa shape index (κ2) is 4.11. The molecule has 0 aromatic heterocycles. The van der Waals surface area contributed by atoms with Crippen LogP contribution in [0.2, 0.25) is 0 Å². The fraction of sp³-hybridized carbons (Fsp3) is 0.500. The maximum atomic E-state index is 5.59.